The Balaban J connectivity index is 0. The predicted molar refractivity (Wildman–Crippen MR) is 27.0 cm³/mol. The topological polar surface area (TPSA) is 0 Å². The van der Waals surface area contributed by atoms with E-state index in [0.29, 0.717) is 0 Å². The van der Waals surface area contributed by atoms with E-state index in [1.807, 2.05) is 0 Å². The quantitative estimate of drug-likeness (QED) is 0.256. The van der Waals surface area contributed by atoms with E-state index in [4.69, 9.17) is 0 Å². The van der Waals surface area contributed by atoms with Crippen LogP contribution in [0.2, 0.25) is 0 Å². The van der Waals surface area contributed by atoms with Crippen molar-refractivity contribution in [2.75, 3.05) is 0 Å². The monoisotopic (exact) mass is 614 g/mol. The van der Waals surface area contributed by atoms with Crippen LogP contribution in [0, 0.1) is 0 Å². The van der Waals surface area contributed by atoms with E-state index >= 15 is 0 Å². The van der Waals surface area contributed by atoms with Gasteiger partial charge >= 0.3 is 76.2 Å². The van der Waals surface area contributed by atoms with Gasteiger partial charge in [-0.05, 0) is 0 Å². The molecule has 0 atom stereocenters. The SMILES string of the molecule is [AlH3].[BaH2].[Cd].[Fe].[PbH2].[Zn]. The molecule has 0 amide bonds. The largest absolute Gasteiger partial charge is 0 e. The molecule has 28 valence electrons. The molecule has 0 saturated heterocycles. The first-order valence-corrected chi connectivity index (χ1v) is 0. The summed E-state index contributed by atoms with van der Waals surface area (Å²) in [5, 5.41) is 0. The Bertz CT molecular complexity index is 15.5. The Kier molecular flexibility index (Phi) is 234. The van der Waals surface area contributed by atoms with Crippen molar-refractivity contribution in [3.8, 4) is 0 Å². The van der Waals surface area contributed by atoms with Crippen molar-refractivity contribution in [3.63, 3.8) is 0 Å². The normalized spacial score (nSPS) is 0. The van der Waals surface area contributed by atoms with E-state index < -0.39 is 0 Å². The molecular formula is H7AlBaCdFePbZn. The third-order valence-corrected chi connectivity index (χ3v) is 0. The molecule has 0 aromatic heterocycles. The Morgan fingerprint density at radius 2 is 1.00 bits per heavy atom. The van der Waals surface area contributed by atoms with Gasteiger partial charge in [-0.15, -0.1) is 0 Å². The van der Waals surface area contributed by atoms with Gasteiger partial charge in [-0.2, -0.15) is 0 Å². The molecule has 0 aliphatic rings. The van der Waals surface area contributed by atoms with Crippen molar-refractivity contribution in [2.45, 2.75) is 0 Å². The van der Waals surface area contributed by atoms with Gasteiger partial charge in [-0.25, -0.2) is 0 Å². The van der Waals surface area contributed by atoms with Gasteiger partial charge in [0.1, 0.15) is 0 Å². The van der Waals surface area contributed by atoms with Crippen molar-refractivity contribution < 1.29 is 63.8 Å². The first-order chi connectivity index (χ1) is 0. The zero-order valence-corrected chi connectivity index (χ0v) is 16.1. The fourth-order valence-electron chi connectivity index (χ4n) is 0. The van der Waals surface area contributed by atoms with E-state index in [9.17, 15) is 0 Å². The van der Waals surface area contributed by atoms with E-state index in [2.05, 4.69) is 0 Å². The number of hydrogen-bond donors (Lipinski definition) is 0. The minimum absolute atomic E-state index is 0. The molecule has 0 aliphatic heterocycles. The van der Waals surface area contributed by atoms with Crippen molar-refractivity contribution in [1.29, 1.82) is 0 Å². The molecule has 0 rings (SSSR count). The summed E-state index contributed by atoms with van der Waals surface area (Å²) in [7, 11) is 0. The molecule has 0 spiro atoms. The van der Waals surface area contributed by atoms with Crippen molar-refractivity contribution in [2.24, 2.45) is 0 Å². The van der Waals surface area contributed by atoms with Crippen LogP contribution in [0.3, 0.4) is 0 Å². The fourth-order valence-corrected chi connectivity index (χ4v) is 0. The van der Waals surface area contributed by atoms with E-state index in [0.717, 1.165) is 0 Å². The fraction of sp³-hybridized carbons (Fsp3) is 0. The van der Waals surface area contributed by atoms with Gasteiger partial charge in [0.2, 0.25) is 0 Å². The average molecular weight is 612 g/mol. The molecule has 6 heteroatoms. The van der Waals surface area contributed by atoms with Gasteiger partial charge in [0.15, 0.2) is 17.4 Å². The zero-order valence-electron chi connectivity index (χ0n) is 2.47. The third kappa shape index (κ3) is 23.0. The van der Waals surface area contributed by atoms with Gasteiger partial charge in [-0.3, -0.25) is 0 Å². The molecule has 0 fully saturated rings. The van der Waals surface area contributed by atoms with Gasteiger partial charge in [0.25, 0.3) is 0 Å². The minimum Gasteiger partial charge on any atom is 0 e. The van der Waals surface area contributed by atoms with Crippen LogP contribution in [0.15, 0.2) is 0 Å². The summed E-state index contributed by atoms with van der Waals surface area (Å²) in [6.07, 6.45) is 0. The Labute approximate surface area is 153 Å². The molecule has 0 aromatic carbocycles. The number of rotatable bonds is 0. The summed E-state index contributed by atoms with van der Waals surface area (Å²) < 4.78 is 0. The van der Waals surface area contributed by atoms with Crippen molar-refractivity contribution in [3.05, 3.63) is 0 Å². The van der Waals surface area contributed by atoms with E-state index in [1.54, 1.807) is 0 Å². The molecule has 0 nitrogen and oxygen atoms in total. The predicted octanol–water partition coefficient (Wildman–Crippen LogP) is -3.02. The first-order valence-electron chi connectivity index (χ1n) is 0. The molecule has 0 heterocycles. The summed E-state index contributed by atoms with van der Waals surface area (Å²) in [6, 6.07) is 0. The number of hydrogen-bond acceptors (Lipinski definition) is 0. The second-order valence-corrected chi connectivity index (χ2v) is 0. The standard InChI is InChI=1S/Al.Ba.Cd.Fe.Pb.Zn.7H. The molecule has 0 unspecified atom stereocenters. The Hall–Kier alpha value is 5.09. The summed E-state index contributed by atoms with van der Waals surface area (Å²) >= 11 is 0. The average Bonchev–Trinajstić information content (AvgIpc) is 0. The van der Waals surface area contributed by atoms with Crippen molar-refractivity contribution >= 4 is 93.5 Å². The summed E-state index contributed by atoms with van der Waals surface area (Å²) in [4.78, 5) is 0. The molecule has 0 saturated carbocycles. The summed E-state index contributed by atoms with van der Waals surface area (Å²) in [5.41, 5.74) is 0. The second kappa shape index (κ2) is 32.2. The third-order valence-electron chi connectivity index (χ3n) is 0. The molecule has 0 bridgehead atoms. The Morgan fingerprint density at radius 3 is 1.00 bits per heavy atom. The minimum atomic E-state index is 0. The Morgan fingerprint density at radius 1 is 1.00 bits per heavy atom. The summed E-state index contributed by atoms with van der Waals surface area (Å²) in [5.74, 6) is 0. The maximum Gasteiger partial charge on any atom is 0 e. The molecule has 0 aromatic rings. The maximum absolute atomic E-state index is 0. The molecule has 0 aliphatic carbocycles. The van der Waals surface area contributed by atoms with Crippen LogP contribution in [0.5, 0.6) is 0 Å². The van der Waals surface area contributed by atoms with Crippen LogP contribution in [-0.4, -0.2) is 93.5 Å². The summed E-state index contributed by atoms with van der Waals surface area (Å²) in [6.45, 7) is 0. The smallest absolute Gasteiger partial charge is 0 e. The van der Waals surface area contributed by atoms with E-state index in [-0.39, 0.29) is 157 Å². The van der Waals surface area contributed by atoms with Crippen LogP contribution >= 0.6 is 0 Å². The van der Waals surface area contributed by atoms with Crippen LogP contribution in [0.4, 0.5) is 0 Å². The van der Waals surface area contributed by atoms with Crippen molar-refractivity contribution in [1.82, 2.24) is 0 Å². The van der Waals surface area contributed by atoms with Gasteiger partial charge in [-0.1, -0.05) is 0 Å². The first kappa shape index (κ1) is 43.6. The van der Waals surface area contributed by atoms with Gasteiger partial charge in [0, 0.05) is 63.8 Å². The van der Waals surface area contributed by atoms with E-state index in [1.165, 1.54) is 0 Å². The van der Waals surface area contributed by atoms with Crippen LogP contribution in [0.1, 0.15) is 0 Å². The molecule has 6 heavy (non-hydrogen) atoms. The van der Waals surface area contributed by atoms with Gasteiger partial charge in [0.05, 0.1) is 0 Å². The molecule has 2 radical (unpaired) electrons. The maximum atomic E-state index is 0. The van der Waals surface area contributed by atoms with Crippen LogP contribution in [-0.2, 0) is 63.8 Å². The van der Waals surface area contributed by atoms with Crippen LogP contribution in [0.25, 0.3) is 0 Å². The molecular weight excluding hydrogens is 605 g/mol. The zero-order chi connectivity index (χ0) is 0. The van der Waals surface area contributed by atoms with Gasteiger partial charge < -0.3 is 0 Å². The van der Waals surface area contributed by atoms with Crippen LogP contribution < -0.4 is 0 Å². The molecule has 0 N–H and O–H groups in total. The second-order valence-electron chi connectivity index (χ2n) is 0.